The number of aliphatic hydroxyl groups excluding tert-OH is 1. The minimum atomic E-state index is -3.90. The number of alkyl halides is 2. The van der Waals surface area contributed by atoms with Crippen molar-refractivity contribution < 1.29 is 24.1 Å². The van der Waals surface area contributed by atoms with Gasteiger partial charge < -0.3 is 9.84 Å². The summed E-state index contributed by atoms with van der Waals surface area (Å²) in [4.78, 5) is 16.6. The maximum absolute atomic E-state index is 13.0. The molecule has 0 saturated carbocycles. The molecule has 0 bridgehead atoms. The molecule has 0 radical (unpaired) electrons. The Morgan fingerprint density at radius 3 is 2.27 bits per heavy atom. The fraction of sp³-hybridized carbons (Fsp3) is 1.00. The Morgan fingerprint density at radius 1 is 1.47 bits per heavy atom. The van der Waals surface area contributed by atoms with E-state index in [1.807, 2.05) is 0 Å². The van der Waals surface area contributed by atoms with Crippen LogP contribution in [0.2, 0.25) is 0 Å². The maximum atomic E-state index is 13.0. The van der Waals surface area contributed by atoms with Crippen LogP contribution >= 0.6 is 11.6 Å². The zero-order valence-electron chi connectivity index (χ0n) is 7.34. The summed E-state index contributed by atoms with van der Waals surface area (Å²) in [7, 11) is 0. The summed E-state index contributed by atoms with van der Waals surface area (Å²) in [6.07, 6.45) is -1.16. The van der Waals surface area contributed by atoms with Crippen LogP contribution in [0.4, 0.5) is 4.39 Å². The van der Waals surface area contributed by atoms with Crippen LogP contribution in [0, 0.1) is 20.2 Å². The van der Waals surface area contributed by atoms with Gasteiger partial charge in [0.2, 0.25) is 6.61 Å². The molecule has 0 heterocycles. The van der Waals surface area contributed by atoms with Gasteiger partial charge in [-0.05, 0) is 0 Å². The number of halogens is 2. The van der Waals surface area contributed by atoms with Crippen molar-refractivity contribution in [1.82, 2.24) is 0 Å². The number of rotatable bonds is 7. The average Bonchev–Trinajstić information content (AvgIpc) is 2.16. The van der Waals surface area contributed by atoms with E-state index in [1.54, 1.807) is 0 Å². The monoisotopic (exact) mass is 246 g/mol. The summed E-state index contributed by atoms with van der Waals surface area (Å²) >= 11 is 5.14. The van der Waals surface area contributed by atoms with E-state index in [4.69, 9.17) is 16.7 Å². The predicted octanol–water partition coefficient (Wildman–Crippen LogP) is -0.221. The molecule has 0 rings (SSSR count). The van der Waals surface area contributed by atoms with Crippen molar-refractivity contribution in [2.24, 2.45) is 0 Å². The molecule has 0 fully saturated rings. The highest BCUT2D eigenvalue weighted by molar-refractivity contribution is 6.18. The largest absolute Gasteiger partial charge is 0.637 e. The molecule has 0 aliphatic heterocycles. The molecule has 10 heteroatoms. The summed E-state index contributed by atoms with van der Waals surface area (Å²) in [5, 5.41) is 28.9. The Labute approximate surface area is 87.9 Å². The standard InChI is InChI=1S/C5H8ClFN2O6/c6-1-4(10)2-15-3-5(7,8(11)12)9(13)14/h4,10H,1-3H2. The Kier molecular flexibility index (Phi) is 5.33. The number of aliphatic hydroxyl groups is 1. The van der Waals surface area contributed by atoms with Crippen LogP contribution in [-0.4, -0.2) is 46.1 Å². The zero-order chi connectivity index (χ0) is 12.1. The average molecular weight is 247 g/mol. The van der Waals surface area contributed by atoms with E-state index in [0.29, 0.717) is 0 Å². The molecule has 0 aromatic carbocycles. The van der Waals surface area contributed by atoms with E-state index < -0.39 is 35.1 Å². The van der Waals surface area contributed by atoms with Crippen molar-refractivity contribution in [1.29, 1.82) is 0 Å². The molecule has 0 aromatic heterocycles. The van der Waals surface area contributed by atoms with Crippen molar-refractivity contribution in [2.45, 2.75) is 12.0 Å². The van der Waals surface area contributed by atoms with E-state index in [2.05, 4.69) is 4.74 Å². The van der Waals surface area contributed by atoms with Crippen molar-refractivity contribution in [3.8, 4) is 0 Å². The van der Waals surface area contributed by atoms with Gasteiger partial charge in [-0.25, -0.2) is 0 Å². The molecule has 0 amide bonds. The van der Waals surface area contributed by atoms with Gasteiger partial charge in [0.15, 0.2) is 0 Å². The highest BCUT2D eigenvalue weighted by Gasteiger charge is 2.58. The fourth-order valence-corrected chi connectivity index (χ4v) is 0.631. The smallest absolute Gasteiger partial charge is 0.389 e. The van der Waals surface area contributed by atoms with Crippen LogP contribution < -0.4 is 0 Å². The lowest BCUT2D eigenvalue weighted by Crippen LogP contribution is -2.46. The molecular weight excluding hydrogens is 239 g/mol. The van der Waals surface area contributed by atoms with Crippen LogP contribution in [0.1, 0.15) is 0 Å². The van der Waals surface area contributed by atoms with E-state index in [-0.39, 0.29) is 5.88 Å². The van der Waals surface area contributed by atoms with Gasteiger partial charge in [0.25, 0.3) is 0 Å². The third-order valence-corrected chi connectivity index (χ3v) is 1.69. The van der Waals surface area contributed by atoms with E-state index >= 15 is 0 Å². The summed E-state index contributed by atoms with van der Waals surface area (Å²) in [6, 6.07) is 0. The first kappa shape index (κ1) is 13.9. The lowest BCUT2D eigenvalue weighted by molar-refractivity contribution is -0.833. The SMILES string of the molecule is O=[N+]([O-])C(F)(COCC(O)CCl)[N+](=O)[O-]. The number of hydrogen-bond acceptors (Lipinski definition) is 6. The predicted molar refractivity (Wildman–Crippen MR) is 45.4 cm³/mol. The van der Waals surface area contributed by atoms with Crippen LogP contribution in [0.15, 0.2) is 0 Å². The van der Waals surface area contributed by atoms with Crippen LogP contribution in [0.5, 0.6) is 0 Å². The molecule has 0 spiro atoms. The van der Waals surface area contributed by atoms with Crippen molar-refractivity contribution >= 4 is 11.6 Å². The highest BCUT2D eigenvalue weighted by atomic mass is 35.5. The summed E-state index contributed by atoms with van der Waals surface area (Å²) in [5.41, 5.74) is 0. The number of nitro groups is 2. The summed E-state index contributed by atoms with van der Waals surface area (Å²) in [5.74, 6) is -4.12. The first-order chi connectivity index (χ1) is 6.84. The van der Waals surface area contributed by atoms with Gasteiger partial charge in [0.1, 0.15) is 9.85 Å². The number of ether oxygens (including phenoxy) is 1. The normalized spacial score (nSPS) is 13.5. The summed E-state index contributed by atoms with van der Waals surface area (Å²) in [6.45, 7) is -1.90. The third-order valence-electron chi connectivity index (χ3n) is 1.33. The summed E-state index contributed by atoms with van der Waals surface area (Å²) < 4.78 is 17.2. The Bertz CT molecular complexity index is 238. The second kappa shape index (κ2) is 5.73. The minimum absolute atomic E-state index is 0.226. The maximum Gasteiger partial charge on any atom is 0.637 e. The molecule has 15 heavy (non-hydrogen) atoms. The molecule has 8 nitrogen and oxygen atoms in total. The molecule has 0 saturated heterocycles. The second-order valence-electron chi connectivity index (χ2n) is 2.56. The van der Waals surface area contributed by atoms with Gasteiger partial charge in [-0.3, -0.25) is 20.2 Å². The molecular formula is C5H8ClFN2O6. The first-order valence-electron chi connectivity index (χ1n) is 3.64. The minimum Gasteiger partial charge on any atom is -0.389 e. The zero-order valence-corrected chi connectivity index (χ0v) is 8.09. The van der Waals surface area contributed by atoms with Crippen molar-refractivity contribution in [3.63, 3.8) is 0 Å². The van der Waals surface area contributed by atoms with Crippen molar-refractivity contribution in [3.05, 3.63) is 20.2 Å². The van der Waals surface area contributed by atoms with Crippen LogP contribution in [-0.2, 0) is 4.74 Å². The van der Waals surface area contributed by atoms with Gasteiger partial charge in [0.05, 0.1) is 18.6 Å². The van der Waals surface area contributed by atoms with Crippen LogP contribution in [0.3, 0.4) is 0 Å². The number of nitrogens with zero attached hydrogens (tertiary/aromatic N) is 2. The van der Waals surface area contributed by atoms with Gasteiger partial charge in [-0.1, -0.05) is 4.39 Å². The Hall–Kier alpha value is -1.06. The molecule has 1 N–H and O–H groups in total. The Balaban J connectivity index is 4.21. The Morgan fingerprint density at radius 2 is 1.93 bits per heavy atom. The van der Waals surface area contributed by atoms with E-state index in [1.165, 1.54) is 0 Å². The fourth-order valence-electron chi connectivity index (χ4n) is 0.541. The quantitative estimate of drug-likeness (QED) is 0.218. The molecule has 0 aromatic rings. The van der Waals surface area contributed by atoms with Gasteiger partial charge >= 0.3 is 5.92 Å². The third kappa shape index (κ3) is 3.90. The molecule has 0 aliphatic carbocycles. The van der Waals surface area contributed by atoms with E-state index in [9.17, 15) is 24.6 Å². The first-order valence-corrected chi connectivity index (χ1v) is 4.17. The van der Waals surface area contributed by atoms with E-state index in [0.717, 1.165) is 0 Å². The van der Waals surface area contributed by atoms with Gasteiger partial charge in [-0.2, -0.15) is 0 Å². The molecule has 88 valence electrons. The number of hydrogen-bond donors (Lipinski definition) is 1. The molecule has 1 atom stereocenters. The highest BCUT2D eigenvalue weighted by Crippen LogP contribution is 2.13. The van der Waals surface area contributed by atoms with Gasteiger partial charge in [0, 0.05) is 0 Å². The van der Waals surface area contributed by atoms with Crippen LogP contribution in [0.25, 0.3) is 0 Å². The lowest BCUT2D eigenvalue weighted by atomic mass is 10.4. The lowest BCUT2D eigenvalue weighted by Gasteiger charge is -2.10. The second-order valence-corrected chi connectivity index (χ2v) is 2.86. The topological polar surface area (TPSA) is 116 Å². The molecule has 1 unspecified atom stereocenters. The molecule has 0 aliphatic rings. The van der Waals surface area contributed by atoms with Crippen molar-refractivity contribution in [2.75, 3.05) is 19.1 Å². The van der Waals surface area contributed by atoms with Gasteiger partial charge in [-0.15, -0.1) is 11.6 Å².